The molecule has 1 fully saturated rings. The van der Waals surface area contributed by atoms with Crippen LogP contribution in [0.4, 0.5) is 19.0 Å². The largest absolute Gasteiger partial charge is 0.435 e. The van der Waals surface area contributed by atoms with Crippen LogP contribution < -0.4 is 4.90 Å². The highest BCUT2D eigenvalue weighted by atomic mass is 35.5. The zero-order valence-electron chi connectivity index (χ0n) is 14.0. The van der Waals surface area contributed by atoms with Crippen LogP contribution in [0.25, 0.3) is 0 Å². The quantitative estimate of drug-likeness (QED) is 0.761. The van der Waals surface area contributed by atoms with Crippen molar-refractivity contribution >= 4 is 17.4 Å². The summed E-state index contributed by atoms with van der Waals surface area (Å²) in [6.45, 7) is 5.13. The van der Waals surface area contributed by atoms with Gasteiger partial charge in [0.05, 0.1) is 6.04 Å². The van der Waals surface area contributed by atoms with Crippen molar-refractivity contribution < 1.29 is 13.2 Å². The smallest absolute Gasteiger partial charge is 0.354 e. The highest BCUT2D eigenvalue weighted by Gasteiger charge is 2.34. The number of nitrogens with zero attached hydrogens (tertiary/aromatic N) is 5. The lowest BCUT2D eigenvalue weighted by Gasteiger charge is -2.34. The lowest BCUT2D eigenvalue weighted by atomic mass is 10.1. The number of halogens is 4. The minimum absolute atomic E-state index is 0.136. The first-order chi connectivity index (χ1) is 11.8. The summed E-state index contributed by atoms with van der Waals surface area (Å²) in [7, 11) is 0. The van der Waals surface area contributed by atoms with Crippen LogP contribution in [0.5, 0.6) is 0 Å². The Morgan fingerprint density at radius 1 is 1.32 bits per heavy atom. The van der Waals surface area contributed by atoms with Gasteiger partial charge in [-0.3, -0.25) is 4.68 Å². The average Bonchev–Trinajstić information content (AvgIpc) is 3.08. The van der Waals surface area contributed by atoms with E-state index in [9.17, 15) is 13.2 Å². The Balaban J connectivity index is 1.84. The molecule has 0 spiro atoms. The van der Waals surface area contributed by atoms with Crippen LogP contribution >= 0.6 is 11.6 Å². The Bertz CT molecular complexity index is 759. The summed E-state index contributed by atoms with van der Waals surface area (Å²) in [6, 6.07) is 0.879. The van der Waals surface area contributed by atoms with E-state index in [4.69, 9.17) is 11.6 Å². The van der Waals surface area contributed by atoms with Crippen molar-refractivity contribution in [2.24, 2.45) is 0 Å². The molecule has 3 rings (SSSR count). The maximum Gasteiger partial charge on any atom is 0.435 e. The summed E-state index contributed by atoms with van der Waals surface area (Å²) in [5, 5.41) is 4.13. The van der Waals surface area contributed by atoms with E-state index in [1.165, 1.54) is 10.9 Å². The van der Waals surface area contributed by atoms with Crippen LogP contribution in [0.15, 0.2) is 12.3 Å². The third-order valence-corrected chi connectivity index (χ3v) is 4.76. The van der Waals surface area contributed by atoms with Crippen molar-refractivity contribution in [2.75, 3.05) is 18.0 Å². The molecule has 1 aliphatic heterocycles. The summed E-state index contributed by atoms with van der Waals surface area (Å²) < 4.78 is 39.7. The molecule has 1 atom stereocenters. The van der Waals surface area contributed by atoms with Crippen LogP contribution in [0.1, 0.15) is 42.9 Å². The standard InChI is InChI=1S/C16H19ClF3N5/c1-3-13-21-14(17)10(2)15(22-13)24-7-4-5-11(9-24)25-8-6-12(23-25)16(18,19)20/h6,8,11H,3-5,7,9H2,1-2H3. The number of aromatic nitrogens is 4. The molecular formula is C16H19ClF3N5. The molecule has 25 heavy (non-hydrogen) atoms. The molecule has 2 aromatic heterocycles. The first-order valence-corrected chi connectivity index (χ1v) is 8.57. The monoisotopic (exact) mass is 373 g/mol. The maximum absolute atomic E-state index is 12.8. The summed E-state index contributed by atoms with van der Waals surface area (Å²) >= 11 is 6.20. The van der Waals surface area contributed by atoms with Gasteiger partial charge in [-0.05, 0) is 25.8 Å². The summed E-state index contributed by atoms with van der Waals surface area (Å²) in [4.78, 5) is 10.9. The second-order valence-corrected chi connectivity index (χ2v) is 6.51. The van der Waals surface area contributed by atoms with Crippen LogP contribution in [-0.2, 0) is 12.6 Å². The van der Waals surface area contributed by atoms with E-state index < -0.39 is 11.9 Å². The van der Waals surface area contributed by atoms with Crippen molar-refractivity contribution in [3.8, 4) is 0 Å². The van der Waals surface area contributed by atoms with Gasteiger partial charge in [0.2, 0.25) is 0 Å². The Labute approximate surface area is 148 Å². The number of alkyl halides is 3. The predicted octanol–water partition coefficient (Wildman–Crippen LogP) is 4.06. The van der Waals surface area contributed by atoms with Gasteiger partial charge in [0.25, 0.3) is 0 Å². The van der Waals surface area contributed by atoms with Crippen LogP contribution in [-0.4, -0.2) is 32.8 Å². The van der Waals surface area contributed by atoms with Gasteiger partial charge >= 0.3 is 6.18 Å². The number of anilines is 1. The van der Waals surface area contributed by atoms with Crippen LogP contribution in [0, 0.1) is 6.92 Å². The normalized spacial score (nSPS) is 18.6. The molecule has 0 radical (unpaired) electrons. The second kappa shape index (κ2) is 6.82. The van der Waals surface area contributed by atoms with Gasteiger partial charge in [0, 0.05) is 31.3 Å². The predicted molar refractivity (Wildman–Crippen MR) is 88.9 cm³/mol. The van der Waals surface area contributed by atoms with E-state index in [0.717, 1.165) is 36.8 Å². The SMILES string of the molecule is CCc1nc(Cl)c(C)c(N2CCCC(n3ccc(C(F)(F)F)n3)C2)n1. The van der Waals surface area contributed by atoms with Crippen molar-refractivity contribution in [2.45, 2.75) is 45.3 Å². The molecule has 0 bridgehead atoms. The number of rotatable bonds is 3. The number of hydrogen-bond donors (Lipinski definition) is 0. The lowest BCUT2D eigenvalue weighted by Crippen LogP contribution is -2.38. The fraction of sp³-hybridized carbons (Fsp3) is 0.562. The van der Waals surface area contributed by atoms with Gasteiger partial charge in [-0.25, -0.2) is 9.97 Å². The van der Waals surface area contributed by atoms with Gasteiger partial charge in [-0.1, -0.05) is 18.5 Å². The van der Waals surface area contributed by atoms with Gasteiger partial charge in [-0.15, -0.1) is 0 Å². The van der Waals surface area contributed by atoms with Crippen LogP contribution in [0.3, 0.4) is 0 Å². The van der Waals surface area contributed by atoms with Crippen LogP contribution in [0.2, 0.25) is 5.15 Å². The Kier molecular flexibility index (Phi) is 4.90. The third-order valence-electron chi connectivity index (χ3n) is 4.39. The van der Waals surface area contributed by atoms with Gasteiger partial charge < -0.3 is 4.90 Å². The highest BCUT2D eigenvalue weighted by Crippen LogP contribution is 2.31. The Morgan fingerprint density at radius 3 is 2.72 bits per heavy atom. The lowest BCUT2D eigenvalue weighted by molar-refractivity contribution is -0.141. The fourth-order valence-electron chi connectivity index (χ4n) is 3.04. The van der Waals surface area contributed by atoms with E-state index >= 15 is 0 Å². The van der Waals surface area contributed by atoms with Gasteiger partial charge in [0.1, 0.15) is 16.8 Å². The number of aryl methyl sites for hydroxylation is 1. The molecule has 0 aliphatic carbocycles. The van der Waals surface area contributed by atoms with Gasteiger partial charge in [-0.2, -0.15) is 18.3 Å². The Morgan fingerprint density at radius 2 is 2.08 bits per heavy atom. The topological polar surface area (TPSA) is 46.8 Å². The molecule has 1 saturated heterocycles. The van der Waals surface area contributed by atoms with Crippen molar-refractivity contribution in [3.05, 3.63) is 34.5 Å². The molecule has 0 aromatic carbocycles. The fourth-order valence-corrected chi connectivity index (χ4v) is 3.22. The minimum Gasteiger partial charge on any atom is -0.354 e. The second-order valence-electron chi connectivity index (χ2n) is 6.15. The van der Waals surface area contributed by atoms with Crippen molar-refractivity contribution in [1.29, 1.82) is 0 Å². The summed E-state index contributed by atoms with van der Waals surface area (Å²) in [5.41, 5.74) is -0.0740. The molecule has 5 nitrogen and oxygen atoms in total. The van der Waals surface area contributed by atoms with Gasteiger partial charge in [0.15, 0.2) is 5.69 Å². The third kappa shape index (κ3) is 3.73. The molecule has 0 saturated carbocycles. The first-order valence-electron chi connectivity index (χ1n) is 8.20. The molecule has 136 valence electrons. The van der Waals surface area contributed by atoms with E-state index in [2.05, 4.69) is 20.0 Å². The van der Waals surface area contributed by atoms with Crippen molar-refractivity contribution in [1.82, 2.24) is 19.7 Å². The Hall–Kier alpha value is -1.83. The van der Waals surface area contributed by atoms with E-state index in [1.54, 1.807) is 0 Å². The number of hydrogen-bond acceptors (Lipinski definition) is 4. The molecule has 1 unspecified atom stereocenters. The zero-order valence-corrected chi connectivity index (χ0v) is 14.8. The van der Waals surface area contributed by atoms with E-state index in [-0.39, 0.29) is 6.04 Å². The van der Waals surface area contributed by atoms with Crippen molar-refractivity contribution in [3.63, 3.8) is 0 Å². The highest BCUT2D eigenvalue weighted by molar-refractivity contribution is 6.30. The van der Waals surface area contributed by atoms with E-state index in [0.29, 0.717) is 23.9 Å². The maximum atomic E-state index is 12.8. The molecule has 2 aromatic rings. The molecule has 0 N–H and O–H groups in total. The minimum atomic E-state index is -4.42. The van der Waals surface area contributed by atoms with E-state index in [1.807, 2.05) is 13.8 Å². The summed E-state index contributed by atoms with van der Waals surface area (Å²) in [5.74, 6) is 1.41. The molecule has 1 aliphatic rings. The molecule has 0 amide bonds. The summed E-state index contributed by atoms with van der Waals surface area (Å²) in [6.07, 6.45) is -0.749. The first kappa shape index (κ1) is 18.0. The zero-order chi connectivity index (χ0) is 18.2. The molecule has 9 heteroatoms. The molecular weight excluding hydrogens is 355 g/mol. The molecule has 3 heterocycles. The average molecular weight is 374 g/mol. The number of piperidine rings is 1.